The molecule has 1 aliphatic rings. The Balaban J connectivity index is 0.00000158. The average Bonchev–Trinajstić information content (AvgIpc) is 3.41. The molecule has 9 nitrogen and oxygen atoms in total. The van der Waals surface area contributed by atoms with Gasteiger partial charge in [0.15, 0.2) is 11.6 Å². The van der Waals surface area contributed by atoms with Crippen molar-refractivity contribution in [2.45, 2.75) is 39.8 Å². The second-order valence-corrected chi connectivity index (χ2v) is 9.24. The molecule has 6 rings (SSSR count). The molecule has 0 saturated heterocycles. The molecule has 2 aromatic carbocycles. The summed E-state index contributed by atoms with van der Waals surface area (Å²) in [5.41, 5.74) is 1.42. The van der Waals surface area contributed by atoms with Crippen molar-refractivity contribution in [1.82, 2.24) is 34.8 Å². The van der Waals surface area contributed by atoms with Crippen LogP contribution < -0.4 is 5.56 Å². The molecule has 0 bridgehead atoms. The Hall–Kier alpha value is -4.80. The van der Waals surface area contributed by atoms with Crippen LogP contribution >= 0.6 is 0 Å². The van der Waals surface area contributed by atoms with E-state index >= 15 is 0 Å². The van der Waals surface area contributed by atoms with Crippen molar-refractivity contribution >= 4 is 16.7 Å². The number of fused-ring (bicyclic) bond motifs is 2. The van der Waals surface area contributed by atoms with E-state index in [1.165, 1.54) is 29.2 Å². The molecule has 0 spiro atoms. The summed E-state index contributed by atoms with van der Waals surface area (Å²) in [6.45, 7) is 6.33. The Labute approximate surface area is 228 Å². The van der Waals surface area contributed by atoms with Crippen LogP contribution in [0, 0.1) is 11.6 Å². The maximum Gasteiger partial charge on any atom is 0.272 e. The van der Waals surface area contributed by atoms with Gasteiger partial charge in [0.1, 0.15) is 17.3 Å². The zero-order valence-corrected chi connectivity index (χ0v) is 22.2. The maximum atomic E-state index is 14.9. The molecule has 11 heteroatoms. The van der Waals surface area contributed by atoms with E-state index in [9.17, 15) is 18.4 Å². The summed E-state index contributed by atoms with van der Waals surface area (Å²) < 4.78 is 30.1. The largest absolute Gasteiger partial charge is 0.329 e. The van der Waals surface area contributed by atoms with E-state index in [0.29, 0.717) is 52.3 Å². The maximum absolute atomic E-state index is 14.9. The fourth-order valence-corrected chi connectivity index (χ4v) is 4.88. The van der Waals surface area contributed by atoms with Gasteiger partial charge in [0.2, 0.25) is 0 Å². The minimum atomic E-state index is -0.631. The molecule has 3 aromatic heterocycles. The molecule has 0 saturated carbocycles. The van der Waals surface area contributed by atoms with Crippen LogP contribution in [0.5, 0.6) is 0 Å². The van der Waals surface area contributed by atoms with Crippen molar-refractivity contribution in [2.24, 2.45) is 0 Å². The molecular formula is C29H27F2N7O2. The third-order valence-corrected chi connectivity index (χ3v) is 6.68. The van der Waals surface area contributed by atoms with Gasteiger partial charge in [-0.15, -0.1) is 10.2 Å². The van der Waals surface area contributed by atoms with Gasteiger partial charge < -0.3 is 9.47 Å². The molecule has 1 unspecified atom stereocenters. The van der Waals surface area contributed by atoms with Gasteiger partial charge in [0, 0.05) is 18.4 Å². The minimum absolute atomic E-state index is 0.0585. The van der Waals surface area contributed by atoms with E-state index in [2.05, 4.69) is 25.4 Å². The van der Waals surface area contributed by atoms with E-state index in [1.807, 2.05) is 37.5 Å². The Bertz CT molecular complexity index is 1750. The number of carbonyl (C=O) groups excluding carboxylic acids is 1. The minimum Gasteiger partial charge on any atom is -0.329 e. The number of aromatic nitrogens is 6. The normalized spacial score (nSPS) is 14.4. The number of halogens is 2. The molecule has 4 heterocycles. The van der Waals surface area contributed by atoms with Gasteiger partial charge in [0.05, 0.1) is 35.4 Å². The standard InChI is InChI=1S/C27H21F2N7O2.C2H6/c1-15-13-35(14-24-32-33-25(36(15)24)22-9-7-17(28)12-30-22)27(38)20-10-16(6-8-21(20)29)11-23-18-4-2-3-5-19(18)26(37)34-31-23;1-2/h2-10,12,15H,11,13-14H2,1H3,(H,34,37);1-2H3. The second-order valence-electron chi connectivity index (χ2n) is 9.24. The quantitative estimate of drug-likeness (QED) is 0.352. The third kappa shape index (κ3) is 4.97. The molecule has 1 N–H and O–H groups in total. The highest BCUT2D eigenvalue weighted by Gasteiger charge is 2.31. The van der Waals surface area contributed by atoms with Crippen LogP contribution in [0.3, 0.4) is 0 Å². The molecular weight excluding hydrogens is 516 g/mol. The van der Waals surface area contributed by atoms with Gasteiger partial charge in [0.25, 0.3) is 11.5 Å². The first-order valence-electron chi connectivity index (χ1n) is 13.0. The van der Waals surface area contributed by atoms with E-state index < -0.39 is 17.5 Å². The molecule has 1 atom stereocenters. The van der Waals surface area contributed by atoms with Gasteiger partial charge in [-0.1, -0.05) is 38.1 Å². The van der Waals surface area contributed by atoms with Gasteiger partial charge in [-0.3, -0.25) is 9.59 Å². The number of nitrogens with one attached hydrogen (secondary N) is 1. The SMILES string of the molecule is CC.CC1CN(C(=O)c2cc(Cc3n[nH]c(=O)c4ccccc34)ccc2F)Cc2nnc(-c3ccc(F)cn3)n21. The summed E-state index contributed by atoms with van der Waals surface area (Å²) >= 11 is 0. The molecule has 1 amide bonds. The predicted molar refractivity (Wildman–Crippen MR) is 146 cm³/mol. The molecule has 0 aliphatic carbocycles. The number of aromatic amines is 1. The number of rotatable bonds is 4. The van der Waals surface area contributed by atoms with Crippen LogP contribution in [0.4, 0.5) is 8.78 Å². The van der Waals surface area contributed by atoms with Crippen molar-refractivity contribution in [2.75, 3.05) is 6.54 Å². The summed E-state index contributed by atoms with van der Waals surface area (Å²) in [6, 6.07) is 14.1. The summed E-state index contributed by atoms with van der Waals surface area (Å²) in [5, 5.41) is 16.3. The fraction of sp³-hybridized carbons (Fsp3) is 0.241. The van der Waals surface area contributed by atoms with Crippen LogP contribution in [-0.4, -0.2) is 47.3 Å². The highest BCUT2D eigenvalue weighted by atomic mass is 19.1. The highest BCUT2D eigenvalue weighted by molar-refractivity contribution is 5.95. The Morgan fingerprint density at radius 1 is 1.05 bits per heavy atom. The Kier molecular flexibility index (Phi) is 7.45. The number of carbonyl (C=O) groups is 1. The first-order valence-corrected chi connectivity index (χ1v) is 13.0. The third-order valence-electron chi connectivity index (χ3n) is 6.68. The summed E-state index contributed by atoms with van der Waals surface area (Å²) in [7, 11) is 0. The van der Waals surface area contributed by atoms with Crippen LogP contribution in [0.25, 0.3) is 22.3 Å². The van der Waals surface area contributed by atoms with E-state index in [1.54, 1.807) is 18.2 Å². The molecule has 5 aromatic rings. The number of amides is 1. The fourth-order valence-electron chi connectivity index (χ4n) is 4.88. The first-order chi connectivity index (χ1) is 19.4. The van der Waals surface area contributed by atoms with Crippen molar-refractivity contribution in [3.63, 3.8) is 0 Å². The van der Waals surface area contributed by atoms with Crippen molar-refractivity contribution in [1.29, 1.82) is 0 Å². The van der Waals surface area contributed by atoms with Crippen LogP contribution in [0.1, 0.15) is 54.3 Å². The molecule has 204 valence electrons. The average molecular weight is 544 g/mol. The summed E-state index contributed by atoms with van der Waals surface area (Å²) in [5.74, 6) is -0.544. The highest BCUT2D eigenvalue weighted by Crippen LogP contribution is 2.28. The van der Waals surface area contributed by atoms with Gasteiger partial charge in [-0.25, -0.2) is 18.9 Å². The number of hydrogen-bond acceptors (Lipinski definition) is 6. The molecule has 0 fully saturated rings. The van der Waals surface area contributed by atoms with E-state index in [0.717, 1.165) is 6.20 Å². The molecule has 1 aliphatic heterocycles. The molecule has 40 heavy (non-hydrogen) atoms. The zero-order valence-electron chi connectivity index (χ0n) is 22.2. The van der Waals surface area contributed by atoms with Crippen LogP contribution in [-0.2, 0) is 13.0 Å². The molecule has 0 radical (unpaired) electrons. The van der Waals surface area contributed by atoms with Gasteiger partial charge in [-0.2, -0.15) is 5.10 Å². The predicted octanol–water partition coefficient (Wildman–Crippen LogP) is 4.69. The zero-order chi connectivity index (χ0) is 28.4. The first kappa shape index (κ1) is 26.8. The van der Waals surface area contributed by atoms with Crippen LogP contribution in [0.2, 0.25) is 0 Å². The lowest BCUT2D eigenvalue weighted by molar-refractivity contribution is 0.0677. The smallest absolute Gasteiger partial charge is 0.272 e. The topological polar surface area (TPSA) is 110 Å². The number of nitrogens with zero attached hydrogens (tertiary/aromatic N) is 6. The van der Waals surface area contributed by atoms with Crippen molar-refractivity contribution in [3.8, 4) is 11.5 Å². The summed E-state index contributed by atoms with van der Waals surface area (Å²) in [6.07, 6.45) is 1.41. The lowest BCUT2D eigenvalue weighted by atomic mass is 10.0. The van der Waals surface area contributed by atoms with Gasteiger partial charge >= 0.3 is 0 Å². The summed E-state index contributed by atoms with van der Waals surface area (Å²) in [4.78, 5) is 31.2. The Morgan fingerprint density at radius 3 is 2.58 bits per heavy atom. The number of benzene rings is 2. The van der Waals surface area contributed by atoms with E-state index in [-0.39, 0.29) is 23.7 Å². The second kappa shape index (κ2) is 11.1. The Morgan fingerprint density at radius 2 is 1.82 bits per heavy atom. The number of H-pyrrole nitrogens is 1. The number of hydrogen-bond donors (Lipinski definition) is 1. The van der Waals surface area contributed by atoms with Crippen molar-refractivity contribution in [3.05, 3.63) is 105 Å². The van der Waals surface area contributed by atoms with Crippen molar-refractivity contribution < 1.29 is 13.6 Å². The van der Waals surface area contributed by atoms with Gasteiger partial charge in [-0.05, 0) is 42.8 Å². The monoisotopic (exact) mass is 543 g/mol. The van der Waals surface area contributed by atoms with E-state index in [4.69, 9.17) is 0 Å². The number of pyridine rings is 1. The lowest BCUT2D eigenvalue weighted by Gasteiger charge is -2.32. The lowest BCUT2D eigenvalue weighted by Crippen LogP contribution is -2.41. The van der Waals surface area contributed by atoms with Crippen LogP contribution in [0.15, 0.2) is 65.6 Å².